The Hall–Kier alpha value is -0.830. The fraction of sp³-hybridized carbons (Fsp3) is 0.727. The van der Waals surface area contributed by atoms with Crippen molar-refractivity contribution in [2.75, 3.05) is 19.6 Å². The van der Waals surface area contributed by atoms with Crippen LogP contribution in [0.2, 0.25) is 0 Å². The second-order valence-electron chi connectivity index (χ2n) is 3.39. The Morgan fingerprint density at radius 1 is 1.21 bits per heavy atom. The van der Waals surface area contributed by atoms with Gasteiger partial charge < -0.3 is 10.6 Å². The van der Waals surface area contributed by atoms with Gasteiger partial charge in [-0.05, 0) is 19.4 Å². The summed E-state index contributed by atoms with van der Waals surface area (Å²) in [5.74, 6) is -0.0259. The Kier molecular flexibility index (Phi) is 8.24. The van der Waals surface area contributed by atoms with E-state index in [9.17, 15) is 4.79 Å². The van der Waals surface area contributed by atoms with E-state index in [4.69, 9.17) is 0 Å². The van der Waals surface area contributed by atoms with Gasteiger partial charge in [0.15, 0.2) is 0 Å². The molecular formula is C11H22N2O. The molecule has 0 saturated carbocycles. The second-order valence-corrected chi connectivity index (χ2v) is 3.39. The third-order valence-corrected chi connectivity index (χ3v) is 1.90. The standard InChI is InChI=1S/C11H22N2O/c1-4-6-8-13-11(14)10(3)9-12-7-5-2/h12H,3-9H2,1-2H3,(H,13,14). The highest BCUT2D eigenvalue weighted by Crippen LogP contribution is 1.89. The number of nitrogens with one attached hydrogen (secondary N) is 2. The van der Waals surface area contributed by atoms with E-state index in [1.54, 1.807) is 0 Å². The van der Waals surface area contributed by atoms with E-state index in [1.165, 1.54) is 0 Å². The van der Waals surface area contributed by atoms with Crippen LogP contribution in [-0.4, -0.2) is 25.5 Å². The van der Waals surface area contributed by atoms with E-state index >= 15 is 0 Å². The first-order valence-corrected chi connectivity index (χ1v) is 5.39. The van der Waals surface area contributed by atoms with Crippen molar-refractivity contribution in [2.45, 2.75) is 33.1 Å². The van der Waals surface area contributed by atoms with Gasteiger partial charge in [0.1, 0.15) is 0 Å². The highest BCUT2D eigenvalue weighted by Gasteiger charge is 2.04. The largest absolute Gasteiger partial charge is 0.352 e. The zero-order valence-electron chi connectivity index (χ0n) is 9.36. The second kappa shape index (κ2) is 8.75. The van der Waals surface area contributed by atoms with Gasteiger partial charge in [0, 0.05) is 18.7 Å². The minimum atomic E-state index is -0.0259. The minimum Gasteiger partial charge on any atom is -0.352 e. The number of carbonyl (C=O) groups is 1. The maximum absolute atomic E-state index is 11.4. The van der Waals surface area contributed by atoms with Gasteiger partial charge in [0.25, 0.3) is 0 Å². The Morgan fingerprint density at radius 2 is 1.93 bits per heavy atom. The lowest BCUT2D eigenvalue weighted by molar-refractivity contribution is -0.117. The van der Waals surface area contributed by atoms with Crippen LogP contribution in [0.25, 0.3) is 0 Å². The first kappa shape index (κ1) is 13.2. The van der Waals surface area contributed by atoms with Crippen LogP contribution in [0.1, 0.15) is 33.1 Å². The molecule has 0 atom stereocenters. The molecule has 0 unspecified atom stereocenters. The van der Waals surface area contributed by atoms with Gasteiger partial charge in [-0.3, -0.25) is 4.79 Å². The van der Waals surface area contributed by atoms with Gasteiger partial charge in [-0.15, -0.1) is 0 Å². The molecule has 0 fully saturated rings. The molecule has 3 heteroatoms. The SMILES string of the molecule is C=C(CNCCC)C(=O)NCCCC. The summed E-state index contributed by atoms with van der Waals surface area (Å²) in [7, 11) is 0. The lowest BCUT2D eigenvalue weighted by Crippen LogP contribution is -2.30. The highest BCUT2D eigenvalue weighted by atomic mass is 16.1. The van der Waals surface area contributed by atoms with Crippen molar-refractivity contribution < 1.29 is 4.79 Å². The topological polar surface area (TPSA) is 41.1 Å². The highest BCUT2D eigenvalue weighted by molar-refractivity contribution is 5.93. The molecule has 1 amide bonds. The summed E-state index contributed by atoms with van der Waals surface area (Å²) in [5.41, 5.74) is 0.620. The predicted octanol–water partition coefficient (Wildman–Crippen LogP) is 1.46. The average molecular weight is 198 g/mol. The van der Waals surface area contributed by atoms with Crippen LogP contribution in [0.15, 0.2) is 12.2 Å². The Morgan fingerprint density at radius 3 is 2.50 bits per heavy atom. The van der Waals surface area contributed by atoms with Crippen molar-refractivity contribution in [3.05, 3.63) is 12.2 Å². The normalized spacial score (nSPS) is 9.86. The van der Waals surface area contributed by atoms with Crippen LogP contribution in [0, 0.1) is 0 Å². The number of unbranched alkanes of at least 4 members (excludes halogenated alkanes) is 1. The molecule has 0 rings (SSSR count). The number of hydrogen-bond acceptors (Lipinski definition) is 2. The zero-order chi connectivity index (χ0) is 10.8. The Balaban J connectivity index is 3.50. The summed E-state index contributed by atoms with van der Waals surface area (Å²) < 4.78 is 0. The molecule has 0 spiro atoms. The van der Waals surface area contributed by atoms with Gasteiger partial charge >= 0.3 is 0 Å². The first-order valence-electron chi connectivity index (χ1n) is 5.39. The van der Waals surface area contributed by atoms with E-state index < -0.39 is 0 Å². The van der Waals surface area contributed by atoms with Gasteiger partial charge in [-0.2, -0.15) is 0 Å². The summed E-state index contributed by atoms with van der Waals surface area (Å²) in [6.07, 6.45) is 3.20. The number of carbonyl (C=O) groups excluding carboxylic acids is 1. The molecule has 0 aliphatic heterocycles. The Bertz CT molecular complexity index is 158. The molecule has 0 saturated heterocycles. The quantitative estimate of drug-likeness (QED) is 0.458. The fourth-order valence-electron chi connectivity index (χ4n) is 1.00. The molecule has 0 aromatic carbocycles. The first-order chi connectivity index (χ1) is 6.72. The molecule has 0 radical (unpaired) electrons. The molecule has 0 heterocycles. The van der Waals surface area contributed by atoms with Crippen LogP contribution in [0.4, 0.5) is 0 Å². The van der Waals surface area contributed by atoms with Gasteiger partial charge in [-0.25, -0.2) is 0 Å². The molecule has 82 valence electrons. The van der Waals surface area contributed by atoms with Crippen LogP contribution in [0.5, 0.6) is 0 Å². The van der Waals surface area contributed by atoms with Gasteiger partial charge in [0.2, 0.25) is 5.91 Å². The van der Waals surface area contributed by atoms with E-state index in [0.29, 0.717) is 12.1 Å². The summed E-state index contributed by atoms with van der Waals surface area (Å²) >= 11 is 0. The van der Waals surface area contributed by atoms with Crippen molar-refractivity contribution in [1.29, 1.82) is 0 Å². The smallest absolute Gasteiger partial charge is 0.247 e. The third kappa shape index (κ3) is 6.66. The monoisotopic (exact) mass is 198 g/mol. The number of rotatable bonds is 8. The summed E-state index contributed by atoms with van der Waals surface area (Å²) in [5, 5.41) is 5.98. The number of amides is 1. The lowest BCUT2D eigenvalue weighted by atomic mass is 10.2. The number of hydrogen-bond donors (Lipinski definition) is 2. The molecule has 0 aromatic rings. The van der Waals surface area contributed by atoms with Crippen molar-refractivity contribution >= 4 is 5.91 Å². The van der Waals surface area contributed by atoms with E-state index in [0.717, 1.165) is 32.4 Å². The van der Waals surface area contributed by atoms with Crippen molar-refractivity contribution in [3.8, 4) is 0 Å². The van der Waals surface area contributed by atoms with E-state index in [1.807, 2.05) is 0 Å². The van der Waals surface area contributed by atoms with Crippen molar-refractivity contribution in [1.82, 2.24) is 10.6 Å². The fourth-order valence-corrected chi connectivity index (χ4v) is 1.00. The molecule has 0 aliphatic rings. The van der Waals surface area contributed by atoms with Crippen molar-refractivity contribution in [3.63, 3.8) is 0 Å². The molecule has 3 nitrogen and oxygen atoms in total. The molecule has 2 N–H and O–H groups in total. The van der Waals surface area contributed by atoms with Crippen LogP contribution in [0.3, 0.4) is 0 Å². The zero-order valence-corrected chi connectivity index (χ0v) is 9.36. The molecule has 14 heavy (non-hydrogen) atoms. The maximum Gasteiger partial charge on any atom is 0.247 e. The summed E-state index contributed by atoms with van der Waals surface area (Å²) in [4.78, 5) is 11.4. The van der Waals surface area contributed by atoms with Crippen LogP contribution < -0.4 is 10.6 Å². The third-order valence-electron chi connectivity index (χ3n) is 1.90. The van der Waals surface area contributed by atoms with Gasteiger partial charge in [0.05, 0.1) is 0 Å². The molecule has 0 aromatic heterocycles. The summed E-state index contributed by atoms with van der Waals surface area (Å²) in [6.45, 7) is 10.2. The van der Waals surface area contributed by atoms with Crippen molar-refractivity contribution in [2.24, 2.45) is 0 Å². The Labute approximate surface area is 87.0 Å². The minimum absolute atomic E-state index is 0.0259. The summed E-state index contributed by atoms with van der Waals surface area (Å²) in [6, 6.07) is 0. The average Bonchev–Trinajstić information content (AvgIpc) is 2.18. The maximum atomic E-state index is 11.4. The van der Waals surface area contributed by atoms with E-state index in [-0.39, 0.29) is 5.91 Å². The van der Waals surface area contributed by atoms with Gasteiger partial charge in [-0.1, -0.05) is 26.8 Å². The van der Waals surface area contributed by atoms with E-state index in [2.05, 4.69) is 31.1 Å². The van der Waals surface area contributed by atoms with Crippen LogP contribution in [-0.2, 0) is 4.79 Å². The predicted molar refractivity (Wildman–Crippen MR) is 60.2 cm³/mol. The molecule has 0 bridgehead atoms. The molecule has 0 aliphatic carbocycles. The van der Waals surface area contributed by atoms with Crippen LogP contribution >= 0.6 is 0 Å². The lowest BCUT2D eigenvalue weighted by Gasteiger charge is -2.07. The molecular weight excluding hydrogens is 176 g/mol.